The second-order valence-electron chi connectivity index (χ2n) is 6.63. The lowest BCUT2D eigenvalue weighted by molar-refractivity contribution is -0.0824. The van der Waals surface area contributed by atoms with Gasteiger partial charge in [0.2, 0.25) is 5.90 Å². The molecular formula is C19H26FN5O3. The Morgan fingerprint density at radius 3 is 2.64 bits per heavy atom. The van der Waals surface area contributed by atoms with Crippen LogP contribution in [0.4, 0.5) is 14.9 Å². The van der Waals surface area contributed by atoms with Crippen LogP contribution >= 0.6 is 0 Å². The summed E-state index contributed by atoms with van der Waals surface area (Å²) in [5.74, 6) is 0.00169. The zero-order valence-corrected chi connectivity index (χ0v) is 16.1. The molecule has 8 nitrogen and oxygen atoms in total. The number of hydroxylamine groups is 1. The van der Waals surface area contributed by atoms with Crippen molar-refractivity contribution >= 4 is 17.6 Å². The maximum Gasteiger partial charge on any atom is 0.339 e. The highest BCUT2D eigenvalue weighted by atomic mass is 19.1. The third-order valence-electron chi connectivity index (χ3n) is 5.06. The van der Waals surface area contributed by atoms with Gasteiger partial charge in [-0.15, -0.1) is 0 Å². The van der Waals surface area contributed by atoms with Crippen molar-refractivity contribution in [3.05, 3.63) is 40.0 Å². The van der Waals surface area contributed by atoms with Crippen LogP contribution in [-0.4, -0.2) is 35.5 Å². The van der Waals surface area contributed by atoms with Gasteiger partial charge in [0.1, 0.15) is 12.4 Å². The number of nitrogens with zero attached hydrogens (tertiary/aromatic N) is 2. The summed E-state index contributed by atoms with van der Waals surface area (Å²) < 4.78 is 20.1. The smallest absolute Gasteiger partial charge is 0.339 e. The van der Waals surface area contributed by atoms with Crippen LogP contribution in [0.3, 0.4) is 0 Å². The summed E-state index contributed by atoms with van der Waals surface area (Å²) in [6.07, 6.45) is 4.44. The zero-order valence-electron chi connectivity index (χ0n) is 16.1. The number of nitrogens with one attached hydrogen (secondary N) is 2. The van der Waals surface area contributed by atoms with E-state index in [1.807, 2.05) is 13.8 Å². The van der Waals surface area contributed by atoms with E-state index in [1.54, 1.807) is 0 Å². The normalized spacial score (nSPS) is 15.7. The Balaban J connectivity index is 1.83. The fourth-order valence-corrected chi connectivity index (χ4v) is 3.84. The van der Waals surface area contributed by atoms with Crippen molar-refractivity contribution in [3.63, 3.8) is 0 Å². The van der Waals surface area contributed by atoms with Gasteiger partial charge < -0.3 is 15.8 Å². The predicted molar refractivity (Wildman–Crippen MR) is 103 cm³/mol. The number of carbonyl (C=O) groups excluding carboxylic acids is 1. The number of hydrogen-bond donors (Lipinski definition) is 4. The number of nitrogens with two attached hydrogens (primary N) is 1. The van der Waals surface area contributed by atoms with Gasteiger partial charge in [0.05, 0.1) is 6.54 Å². The van der Waals surface area contributed by atoms with Crippen molar-refractivity contribution in [1.29, 1.82) is 0 Å². The molecule has 0 atom stereocenters. The highest BCUT2D eigenvalue weighted by molar-refractivity contribution is 5.95. The molecule has 2 aliphatic rings. The number of urea groups is 1. The first-order valence-corrected chi connectivity index (χ1v) is 9.52. The number of ether oxygens (including phenoxy) is 1. The van der Waals surface area contributed by atoms with Gasteiger partial charge in [0.15, 0.2) is 5.70 Å². The standard InChI is InChI=1S/C19H26FN5O3/c1-3-11-12(4-2)17(14-7-5-6-13(14)16(11)20)23-19(26)24-25(27)15(10-21)18-22-8-9-28-18/h10,27H,3-9,21H2,1-2H3,(H2,23,24,26)/b15-10+. The molecule has 0 saturated heterocycles. The lowest BCUT2D eigenvalue weighted by atomic mass is 9.93. The topological polar surface area (TPSA) is 112 Å². The first-order chi connectivity index (χ1) is 13.5. The molecule has 9 heteroatoms. The van der Waals surface area contributed by atoms with Gasteiger partial charge in [-0.05, 0) is 54.4 Å². The average molecular weight is 391 g/mol. The molecule has 1 aliphatic carbocycles. The van der Waals surface area contributed by atoms with Crippen LogP contribution in [0.2, 0.25) is 0 Å². The molecule has 28 heavy (non-hydrogen) atoms. The zero-order chi connectivity index (χ0) is 20.3. The molecule has 5 N–H and O–H groups in total. The van der Waals surface area contributed by atoms with E-state index in [0.29, 0.717) is 60.8 Å². The fourth-order valence-electron chi connectivity index (χ4n) is 3.84. The first-order valence-electron chi connectivity index (χ1n) is 9.52. The van der Waals surface area contributed by atoms with E-state index in [2.05, 4.69) is 15.7 Å². The molecule has 1 aromatic carbocycles. The molecule has 1 aliphatic heterocycles. The van der Waals surface area contributed by atoms with Crippen molar-refractivity contribution < 1.29 is 19.1 Å². The number of aliphatic imine (C=N–C) groups is 1. The maximum absolute atomic E-state index is 14.8. The molecule has 1 heterocycles. The van der Waals surface area contributed by atoms with Gasteiger partial charge >= 0.3 is 6.03 Å². The second kappa shape index (κ2) is 8.47. The highest BCUT2D eigenvalue weighted by Crippen LogP contribution is 2.37. The lowest BCUT2D eigenvalue weighted by Crippen LogP contribution is -2.44. The average Bonchev–Trinajstić information content (AvgIpc) is 3.36. The number of hydrogen-bond acceptors (Lipinski definition) is 6. The quantitative estimate of drug-likeness (QED) is 0.556. The number of carbonyl (C=O) groups is 1. The molecule has 0 bridgehead atoms. The van der Waals surface area contributed by atoms with E-state index >= 15 is 0 Å². The van der Waals surface area contributed by atoms with E-state index in [-0.39, 0.29) is 17.4 Å². The number of fused-ring (bicyclic) bond motifs is 1. The van der Waals surface area contributed by atoms with Gasteiger partial charge in [0.25, 0.3) is 0 Å². The number of benzene rings is 1. The van der Waals surface area contributed by atoms with Crippen LogP contribution in [-0.2, 0) is 30.4 Å². The van der Waals surface area contributed by atoms with Crippen molar-refractivity contribution in [1.82, 2.24) is 10.6 Å². The summed E-state index contributed by atoms with van der Waals surface area (Å²) in [7, 11) is 0. The molecular weight excluding hydrogens is 365 g/mol. The number of hydrazine groups is 1. The van der Waals surface area contributed by atoms with Crippen LogP contribution in [0.5, 0.6) is 0 Å². The Labute approximate surface area is 163 Å². The largest absolute Gasteiger partial charge is 0.474 e. The van der Waals surface area contributed by atoms with E-state index in [0.717, 1.165) is 23.7 Å². The Hall–Kier alpha value is -2.81. The molecule has 152 valence electrons. The Kier molecular flexibility index (Phi) is 6.03. The minimum absolute atomic E-state index is 0.0296. The SMILES string of the molecule is CCc1c(F)c2c(c(NC(=O)NN(O)/C(=C/N)C3=NCCO3)c1CC)CCC2. The number of anilines is 1. The third kappa shape index (κ3) is 3.62. The van der Waals surface area contributed by atoms with E-state index in [1.165, 1.54) is 0 Å². The summed E-state index contributed by atoms with van der Waals surface area (Å²) in [5, 5.41) is 13.4. The van der Waals surface area contributed by atoms with Gasteiger partial charge in [0, 0.05) is 11.9 Å². The minimum Gasteiger partial charge on any atom is -0.474 e. The third-order valence-corrected chi connectivity index (χ3v) is 5.06. The molecule has 0 unspecified atom stereocenters. The van der Waals surface area contributed by atoms with E-state index < -0.39 is 6.03 Å². The highest BCUT2D eigenvalue weighted by Gasteiger charge is 2.27. The van der Waals surface area contributed by atoms with Gasteiger partial charge in [-0.1, -0.05) is 13.8 Å². The van der Waals surface area contributed by atoms with Crippen molar-refractivity contribution in [3.8, 4) is 0 Å². The van der Waals surface area contributed by atoms with Gasteiger partial charge in [-0.25, -0.2) is 19.6 Å². The number of halogens is 1. The monoisotopic (exact) mass is 391 g/mol. The Bertz CT molecular complexity index is 838. The van der Waals surface area contributed by atoms with Crippen molar-refractivity contribution in [2.75, 3.05) is 18.5 Å². The van der Waals surface area contributed by atoms with Crippen LogP contribution in [0.25, 0.3) is 0 Å². The summed E-state index contributed by atoms with van der Waals surface area (Å²) in [5.41, 5.74) is 11.4. The molecule has 0 fully saturated rings. The molecule has 0 radical (unpaired) electrons. The summed E-state index contributed by atoms with van der Waals surface area (Å²) in [4.78, 5) is 16.6. The fraction of sp³-hybridized carbons (Fsp3) is 0.474. The molecule has 0 saturated carbocycles. The maximum atomic E-state index is 14.8. The lowest BCUT2D eigenvalue weighted by Gasteiger charge is -2.23. The molecule has 0 spiro atoms. The molecule has 0 aromatic heterocycles. The van der Waals surface area contributed by atoms with E-state index in [9.17, 15) is 14.4 Å². The Morgan fingerprint density at radius 2 is 2.04 bits per heavy atom. The molecule has 2 amide bonds. The van der Waals surface area contributed by atoms with Crippen LogP contribution in [0.1, 0.15) is 42.5 Å². The Morgan fingerprint density at radius 1 is 1.32 bits per heavy atom. The van der Waals surface area contributed by atoms with Crippen molar-refractivity contribution in [2.45, 2.75) is 46.0 Å². The van der Waals surface area contributed by atoms with Gasteiger partial charge in [-0.2, -0.15) is 5.17 Å². The summed E-state index contributed by atoms with van der Waals surface area (Å²) in [6.45, 7) is 4.67. The van der Waals surface area contributed by atoms with Crippen molar-refractivity contribution in [2.24, 2.45) is 10.7 Å². The minimum atomic E-state index is -0.669. The van der Waals surface area contributed by atoms with Gasteiger partial charge in [-0.3, -0.25) is 5.21 Å². The summed E-state index contributed by atoms with van der Waals surface area (Å²) in [6, 6.07) is -0.669. The van der Waals surface area contributed by atoms with Crippen LogP contribution in [0.15, 0.2) is 16.9 Å². The molecule has 1 aromatic rings. The predicted octanol–water partition coefficient (Wildman–Crippen LogP) is 2.40. The van der Waals surface area contributed by atoms with E-state index in [4.69, 9.17) is 10.5 Å². The number of rotatable bonds is 6. The van der Waals surface area contributed by atoms with Crippen LogP contribution < -0.4 is 16.5 Å². The second-order valence-corrected chi connectivity index (χ2v) is 6.63. The number of amides is 2. The molecule has 3 rings (SSSR count). The van der Waals surface area contributed by atoms with Crippen LogP contribution in [0, 0.1) is 5.82 Å². The first kappa shape index (κ1) is 19.9. The summed E-state index contributed by atoms with van der Waals surface area (Å²) >= 11 is 0.